The molecule has 0 saturated heterocycles. The van der Waals surface area contributed by atoms with E-state index in [0.717, 1.165) is 23.8 Å². The van der Waals surface area contributed by atoms with E-state index in [1.807, 2.05) is 51.1 Å². The summed E-state index contributed by atoms with van der Waals surface area (Å²) in [5.74, 6) is -5.53. The van der Waals surface area contributed by atoms with Crippen LogP contribution in [0.4, 0.5) is 8.78 Å². The zero-order chi connectivity index (χ0) is 46.3. The van der Waals surface area contributed by atoms with Gasteiger partial charge in [-0.3, -0.25) is 24.0 Å². The first-order valence-corrected chi connectivity index (χ1v) is 21.5. The third kappa shape index (κ3) is 15.0. The zero-order valence-corrected chi connectivity index (χ0v) is 37.5. The summed E-state index contributed by atoms with van der Waals surface area (Å²) in [5.41, 5.74) is 6.50. The van der Waals surface area contributed by atoms with Gasteiger partial charge < -0.3 is 46.7 Å². The van der Waals surface area contributed by atoms with Gasteiger partial charge >= 0.3 is 5.97 Å². The van der Waals surface area contributed by atoms with E-state index in [9.17, 15) is 43.4 Å². The number of benzene rings is 2. The van der Waals surface area contributed by atoms with E-state index >= 15 is 4.39 Å². The number of nitrogens with one attached hydrogen (secondary N) is 4. The van der Waals surface area contributed by atoms with Crippen LogP contribution < -0.4 is 27.0 Å². The Morgan fingerprint density at radius 1 is 0.919 bits per heavy atom. The number of aromatic nitrogens is 2. The monoisotopic (exact) mass is 932 g/mol. The fourth-order valence-corrected chi connectivity index (χ4v) is 6.92. The number of aliphatic hydroxyl groups is 1. The molecule has 0 aliphatic carbocycles. The van der Waals surface area contributed by atoms with Crippen molar-refractivity contribution in [3.63, 3.8) is 0 Å². The van der Waals surface area contributed by atoms with Crippen LogP contribution in [0.1, 0.15) is 84.7 Å². The summed E-state index contributed by atoms with van der Waals surface area (Å²) in [6.07, 6.45) is 2.18. The first-order chi connectivity index (χ1) is 29.2. The maximum atomic E-state index is 15.0. The minimum absolute atomic E-state index is 0.0135. The average molecular weight is 934 g/mol. The number of carbonyl (C=O) groups excluding carboxylic acids is 5. The van der Waals surface area contributed by atoms with E-state index in [1.165, 1.54) is 11.8 Å². The van der Waals surface area contributed by atoms with Gasteiger partial charge in [0, 0.05) is 31.4 Å². The van der Waals surface area contributed by atoms with Gasteiger partial charge in [0.05, 0.1) is 23.1 Å². The predicted molar refractivity (Wildman–Crippen MR) is 231 cm³/mol. The highest BCUT2D eigenvalue weighted by atomic mass is 79.9. The molecule has 3 rings (SSSR count). The molecule has 1 heterocycles. The van der Waals surface area contributed by atoms with Gasteiger partial charge in [-0.05, 0) is 67.7 Å². The lowest BCUT2D eigenvalue weighted by Crippen LogP contribution is -2.56. The van der Waals surface area contributed by atoms with Gasteiger partial charge in [-0.2, -0.15) is 0 Å². The van der Waals surface area contributed by atoms with Gasteiger partial charge in [0.1, 0.15) is 42.2 Å². The molecule has 0 aliphatic heterocycles. The summed E-state index contributed by atoms with van der Waals surface area (Å²) in [6, 6.07) is 7.17. The molecule has 0 bridgehead atoms. The van der Waals surface area contributed by atoms with Crippen molar-refractivity contribution in [2.45, 2.75) is 104 Å². The van der Waals surface area contributed by atoms with E-state index in [-0.39, 0.29) is 61.4 Å². The zero-order valence-electron chi connectivity index (χ0n) is 35.9. The molecule has 2 aromatic carbocycles. The number of hydrogen-bond acceptors (Lipinski definition) is 9. The Hall–Kier alpha value is -5.27. The highest BCUT2D eigenvalue weighted by molar-refractivity contribution is 9.09. The summed E-state index contributed by atoms with van der Waals surface area (Å²) >= 11 is 3.03. The molecule has 0 aliphatic rings. The average Bonchev–Trinajstić information content (AvgIpc) is 3.62. The van der Waals surface area contributed by atoms with E-state index in [0.29, 0.717) is 12.2 Å². The molecule has 340 valence electrons. The van der Waals surface area contributed by atoms with Gasteiger partial charge in [0.2, 0.25) is 29.5 Å². The third-order valence-corrected chi connectivity index (χ3v) is 10.5. The number of unbranched alkanes of at least 4 members (excludes halogenated alkanes) is 1. The number of imidazole rings is 1. The molecule has 0 radical (unpaired) electrons. The SMILES string of the molecule is CC(C)[C@H](NC(=O)CBr)C(=O)N[C@@H](C)C(=O)N[C@@H](CCCCNC(=O)[C@@H](N)CCN(C(=O)CO)[C@@H](c1nc(-c2cc(F)ccc2F)cn1Cc1ccccc1)C(C)(C)C)C(=O)O. The smallest absolute Gasteiger partial charge is 0.326 e. The van der Waals surface area contributed by atoms with Gasteiger partial charge in [-0.25, -0.2) is 18.6 Å². The van der Waals surface area contributed by atoms with Crippen LogP contribution in [0.25, 0.3) is 11.3 Å². The van der Waals surface area contributed by atoms with E-state index in [1.54, 1.807) is 24.6 Å². The van der Waals surface area contributed by atoms with Crippen molar-refractivity contribution >= 4 is 51.4 Å². The second-order valence-electron chi connectivity index (χ2n) is 16.5. The predicted octanol–water partition coefficient (Wildman–Crippen LogP) is 3.40. The Morgan fingerprint density at radius 3 is 2.19 bits per heavy atom. The molecule has 16 nitrogen and oxygen atoms in total. The van der Waals surface area contributed by atoms with Gasteiger partial charge in [-0.1, -0.05) is 80.9 Å². The molecule has 1 aromatic heterocycles. The molecule has 3 aromatic rings. The van der Waals surface area contributed by atoms with Gasteiger partial charge in [0.25, 0.3) is 0 Å². The maximum Gasteiger partial charge on any atom is 0.326 e. The Bertz CT molecular complexity index is 2010. The molecule has 5 atom stereocenters. The Balaban J connectivity index is 1.66. The highest BCUT2D eigenvalue weighted by Crippen LogP contribution is 2.39. The van der Waals surface area contributed by atoms with Crippen LogP contribution in [-0.2, 0) is 35.3 Å². The van der Waals surface area contributed by atoms with E-state index in [4.69, 9.17) is 10.7 Å². The standard InChI is InChI=1S/C43H59BrF2N8O8/c1-25(2)36(52-34(56)21-44)41(60)49-26(3)39(58)51-32(42(61)62)14-10-11-18-48-40(59)31(47)17-19-54(35(57)24-55)37(43(4,5)6)38-50-33(29-20-28(45)15-16-30(29)46)23-53(38)22-27-12-8-7-9-13-27/h7-9,12-13,15-16,20,23,25-26,31-32,36-37,55H,10-11,14,17-19,21-22,24,47H2,1-6H3,(H,48,59)(H,49,60)(H,51,58)(H,52,56)(H,61,62)/t26-,31-,32-,36-,37-/m0/s1. The van der Waals surface area contributed by atoms with Gasteiger partial charge in [0.15, 0.2) is 0 Å². The van der Waals surface area contributed by atoms with Crippen LogP contribution in [0.15, 0.2) is 54.7 Å². The third-order valence-electron chi connectivity index (χ3n) is 10.0. The molecule has 0 unspecified atom stereocenters. The van der Waals surface area contributed by atoms with Crippen LogP contribution in [0.2, 0.25) is 0 Å². The molecule has 8 N–H and O–H groups in total. The quantitative estimate of drug-likeness (QED) is 0.0541. The number of carboxylic acid groups (broad SMARTS) is 1. The molecule has 19 heteroatoms. The molecular formula is C43H59BrF2N8O8. The highest BCUT2D eigenvalue weighted by Gasteiger charge is 2.39. The van der Waals surface area contributed by atoms with Crippen LogP contribution in [0.5, 0.6) is 0 Å². The fourth-order valence-electron chi connectivity index (χ4n) is 6.76. The molecule has 5 amide bonds. The number of aliphatic hydroxyl groups excluding tert-OH is 1. The minimum Gasteiger partial charge on any atom is -0.480 e. The second kappa shape index (κ2) is 23.8. The Morgan fingerprint density at radius 2 is 1.60 bits per heavy atom. The molecule has 62 heavy (non-hydrogen) atoms. The number of aliphatic carboxylic acids is 1. The fraction of sp³-hybridized carbons (Fsp3) is 0.512. The number of nitrogens with zero attached hydrogens (tertiary/aromatic N) is 3. The van der Waals surface area contributed by atoms with Crippen molar-refractivity contribution in [2.75, 3.05) is 25.0 Å². The van der Waals surface area contributed by atoms with E-state index < -0.39 is 89.4 Å². The normalized spacial score (nSPS) is 13.9. The first-order valence-electron chi connectivity index (χ1n) is 20.4. The summed E-state index contributed by atoms with van der Waals surface area (Å²) in [4.78, 5) is 82.1. The minimum atomic E-state index is -1.29. The van der Waals surface area contributed by atoms with E-state index in [2.05, 4.69) is 37.2 Å². The van der Waals surface area contributed by atoms with Crippen molar-refractivity contribution in [2.24, 2.45) is 17.1 Å². The number of halogens is 3. The molecule has 0 fully saturated rings. The van der Waals surface area contributed by atoms with Crippen molar-refractivity contribution in [3.05, 3.63) is 77.8 Å². The van der Waals surface area contributed by atoms with Crippen LogP contribution >= 0.6 is 15.9 Å². The first kappa shape index (κ1) is 51.1. The number of alkyl halides is 1. The number of hydrogen-bond donors (Lipinski definition) is 7. The lowest BCUT2D eigenvalue weighted by Gasteiger charge is -2.40. The summed E-state index contributed by atoms with van der Waals surface area (Å²) in [5, 5.41) is 30.1. The summed E-state index contributed by atoms with van der Waals surface area (Å²) in [6.45, 7) is 9.88. The van der Waals surface area contributed by atoms with Crippen molar-refractivity contribution in [1.82, 2.24) is 35.7 Å². The second-order valence-corrected chi connectivity index (χ2v) is 17.0. The number of amides is 5. The summed E-state index contributed by atoms with van der Waals surface area (Å²) in [7, 11) is 0. The maximum absolute atomic E-state index is 15.0. The van der Waals surface area contributed by atoms with Crippen LogP contribution in [-0.4, -0.2) is 109 Å². The largest absolute Gasteiger partial charge is 0.480 e. The molecular weight excluding hydrogens is 874 g/mol. The lowest BCUT2D eigenvalue weighted by molar-refractivity contribution is -0.142. The number of carbonyl (C=O) groups is 6. The van der Waals surface area contributed by atoms with Crippen molar-refractivity contribution in [1.29, 1.82) is 0 Å². The Labute approximate surface area is 368 Å². The molecule has 0 spiro atoms. The molecule has 0 saturated carbocycles. The van der Waals surface area contributed by atoms with Crippen molar-refractivity contribution < 1.29 is 47.8 Å². The number of carboxylic acids is 1. The topological polar surface area (TPSA) is 238 Å². The van der Waals surface area contributed by atoms with Crippen LogP contribution in [0.3, 0.4) is 0 Å². The van der Waals surface area contributed by atoms with Crippen LogP contribution in [0, 0.1) is 23.0 Å². The van der Waals surface area contributed by atoms with Gasteiger partial charge in [-0.15, -0.1) is 0 Å². The number of nitrogens with two attached hydrogens (primary N) is 1. The number of rotatable bonds is 23. The Kier molecular flexibility index (Phi) is 19.6. The lowest BCUT2D eigenvalue weighted by atomic mass is 9.84. The van der Waals surface area contributed by atoms with Crippen molar-refractivity contribution in [3.8, 4) is 11.3 Å². The summed E-state index contributed by atoms with van der Waals surface area (Å²) < 4.78 is 31.1.